The number of amides is 2. The van der Waals surface area contributed by atoms with Gasteiger partial charge in [-0.2, -0.15) is 0 Å². The van der Waals surface area contributed by atoms with E-state index < -0.39 is 5.97 Å². The predicted molar refractivity (Wildman–Crippen MR) is 88.4 cm³/mol. The smallest absolute Gasteiger partial charge is 0.315 e. The second-order valence-corrected chi connectivity index (χ2v) is 6.02. The summed E-state index contributed by atoms with van der Waals surface area (Å²) in [6.07, 6.45) is 0.440. The lowest BCUT2D eigenvalue weighted by Crippen LogP contribution is -2.40. The van der Waals surface area contributed by atoms with Crippen LogP contribution in [0.2, 0.25) is 0 Å². The van der Waals surface area contributed by atoms with Gasteiger partial charge < -0.3 is 25.2 Å². The summed E-state index contributed by atoms with van der Waals surface area (Å²) >= 11 is 0. The van der Waals surface area contributed by atoms with Crippen molar-refractivity contribution < 1.29 is 24.2 Å². The van der Waals surface area contributed by atoms with Gasteiger partial charge in [0.25, 0.3) is 0 Å². The molecule has 132 valence electrons. The van der Waals surface area contributed by atoms with E-state index in [-0.39, 0.29) is 24.4 Å². The zero-order valence-electron chi connectivity index (χ0n) is 14.0. The molecule has 3 N–H and O–H groups in total. The number of urea groups is 1. The third kappa shape index (κ3) is 5.04. The van der Waals surface area contributed by atoms with Crippen LogP contribution in [0.4, 0.5) is 4.79 Å². The molecule has 0 bridgehead atoms. The molecule has 1 unspecified atom stereocenters. The summed E-state index contributed by atoms with van der Waals surface area (Å²) in [6.45, 7) is 5.42. The van der Waals surface area contributed by atoms with Crippen molar-refractivity contribution in [1.82, 2.24) is 10.6 Å². The molecule has 1 aliphatic heterocycles. The Balaban J connectivity index is 1.96. The number of ether oxygens (including phenoxy) is 2. The molecule has 0 saturated heterocycles. The van der Waals surface area contributed by atoms with Gasteiger partial charge in [0.05, 0.1) is 6.04 Å². The van der Waals surface area contributed by atoms with E-state index in [1.54, 1.807) is 0 Å². The fraction of sp³-hybridized carbons (Fsp3) is 0.529. The number of rotatable bonds is 7. The van der Waals surface area contributed by atoms with Crippen molar-refractivity contribution in [2.45, 2.75) is 32.7 Å². The number of nitrogens with one attached hydrogen (secondary N) is 2. The van der Waals surface area contributed by atoms with Gasteiger partial charge in [-0.05, 0) is 30.0 Å². The zero-order chi connectivity index (χ0) is 17.5. The number of benzene rings is 1. The van der Waals surface area contributed by atoms with Crippen LogP contribution in [-0.2, 0) is 4.79 Å². The summed E-state index contributed by atoms with van der Waals surface area (Å²) in [4.78, 5) is 22.5. The molecule has 7 heteroatoms. The Morgan fingerprint density at radius 3 is 2.58 bits per heavy atom. The van der Waals surface area contributed by atoms with Crippen molar-refractivity contribution in [3.63, 3.8) is 0 Å². The van der Waals surface area contributed by atoms with Crippen LogP contribution in [-0.4, -0.2) is 36.9 Å². The molecule has 0 saturated carbocycles. The van der Waals surface area contributed by atoms with Gasteiger partial charge in [-0.1, -0.05) is 19.9 Å². The van der Waals surface area contributed by atoms with Crippen LogP contribution in [0, 0.1) is 5.92 Å². The second-order valence-electron chi connectivity index (χ2n) is 6.02. The van der Waals surface area contributed by atoms with Crippen LogP contribution >= 0.6 is 0 Å². The highest BCUT2D eigenvalue weighted by Gasteiger charge is 2.21. The Morgan fingerprint density at radius 2 is 1.92 bits per heavy atom. The molecule has 24 heavy (non-hydrogen) atoms. The fourth-order valence-corrected chi connectivity index (χ4v) is 2.52. The average Bonchev–Trinajstić information content (AvgIpc) is 2.55. The van der Waals surface area contributed by atoms with Crippen LogP contribution in [0.5, 0.6) is 11.5 Å². The number of hydrogen-bond acceptors (Lipinski definition) is 4. The van der Waals surface area contributed by atoms with Gasteiger partial charge in [-0.25, -0.2) is 4.79 Å². The molecule has 0 aliphatic carbocycles. The van der Waals surface area contributed by atoms with Crippen LogP contribution in [0.1, 0.15) is 38.3 Å². The predicted octanol–water partition coefficient (Wildman–Crippen LogP) is 2.32. The molecule has 1 aliphatic rings. The first kappa shape index (κ1) is 17.9. The van der Waals surface area contributed by atoms with Crippen LogP contribution < -0.4 is 20.1 Å². The van der Waals surface area contributed by atoms with Crippen molar-refractivity contribution in [3.8, 4) is 11.5 Å². The summed E-state index contributed by atoms with van der Waals surface area (Å²) in [5.74, 6) is 0.713. The van der Waals surface area contributed by atoms with Crippen LogP contribution in [0.3, 0.4) is 0 Å². The normalized spacial score (nSPS) is 14.1. The van der Waals surface area contributed by atoms with E-state index in [4.69, 9.17) is 14.6 Å². The average molecular weight is 336 g/mol. The third-order valence-electron chi connectivity index (χ3n) is 3.73. The van der Waals surface area contributed by atoms with Gasteiger partial charge in [0.1, 0.15) is 13.2 Å². The minimum Gasteiger partial charge on any atom is -0.486 e. The Morgan fingerprint density at radius 1 is 1.21 bits per heavy atom. The first-order valence-electron chi connectivity index (χ1n) is 8.13. The van der Waals surface area contributed by atoms with E-state index in [1.165, 1.54) is 0 Å². The van der Waals surface area contributed by atoms with E-state index >= 15 is 0 Å². The highest BCUT2D eigenvalue weighted by molar-refractivity contribution is 5.74. The maximum atomic E-state index is 12.0. The largest absolute Gasteiger partial charge is 0.486 e. The quantitative estimate of drug-likeness (QED) is 0.664. The van der Waals surface area contributed by atoms with E-state index in [1.807, 2.05) is 32.0 Å². The third-order valence-corrected chi connectivity index (χ3v) is 3.73. The van der Waals surface area contributed by atoms with E-state index in [9.17, 15) is 9.59 Å². The van der Waals surface area contributed by atoms with E-state index in [0.717, 1.165) is 5.56 Å². The minimum atomic E-state index is -0.867. The van der Waals surface area contributed by atoms with Crippen molar-refractivity contribution in [3.05, 3.63) is 23.8 Å². The number of fused-ring (bicyclic) bond motifs is 1. The van der Waals surface area contributed by atoms with Crippen molar-refractivity contribution in [1.29, 1.82) is 0 Å². The Hall–Kier alpha value is -2.44. The highest BCUT2D eigenvalue weighted by Crippen LogP contribution is 2.34. The number of aliphatic carboxylic acids is 1. The van der Waals surface area contributed by atoms with Gasteiger partial charge in [0, 0.05) is 13.0 Å². The number of carbonyl (C=O) groups excluding carboxylic acids is 1. The second kappa shape index (κ2) is 8.42. The SMILES string of the molecule is CC(C)C(NC(=O)NCCCC(=O)O)c1ccc2c(c1)OCCO2. The van der Waals surface area contributed by atoms with Crippen molar-refractivity contribution in [2.24, 2.45) is 5.92 Å². The maximum Gasteiger partial charge on any atom is 0.315 e. The molecule has 1 aromatic carbocycles. The van der Waals surface area contributed by atoms with E-state index in [0.29, 0.717) is 37.7 Å². The number of hydrogen-bond donors (Lipinski definition) is 3. The standard InChI is InChI=1S/C17H24N2O5/c1-11(2)16(19-17(22)18-7-3-4-15(20)21)12-5-6-13-14(10-12)24-9-8-23-13/h5-6,10-11,16H,3-4,7-9H2,1-2H3,(H,20,21)(H2,18,19,22). The summed E-state index contributed by atoms with van der Waals surface area (Å²) in [5, 5.41) is 14.2. The molecule has 0 aromatic heterocycles. The maximum absolute atomic E-state index is 12.0. The van der Waals surface area contributed by atoms with Crippen LogP contribution in [0.25, 0.3) is 0 Å². The van der Waals surface area contributed by atoms with Gasteiger partial charge in [0.15, 0.2) is 11.5 Å². The molecular formula is C17H24N2O5. The first-order valence-corrected chi connectivity index (χ1v) is 8.13. The molecule has 0 fully saturated rings. The molecule has 1 aromatic rings. The minimum absolute atomic E-state index is 0.0377. The van der Waals surface area contributed by atoms with Gasteiger partial charge in [-0.15, -0.1) is 0 Å². The summed E-state index contributed by atoms with van der Waals surface area (Å²) in [6, 6.07) is 5.17. The number of carboxylic acids is 1. The lowest BCUT2D eigenvalue weighted by atomic mass is 9.95. The lowest BCUT2D eigenvalue weighted by molar-refractivity contribution is -0.137. The van der Waals surface area contributed by atoms with E-state index in [2.05, 4.69) is 10.6 Å². The molecule has 2 rings (SSSR count). The molecule has 7 nitrogen and oxygen atoms in total. The molecular weight excluding hydrogens is 312 g/mol. The fourth-order valence-electron chi connectivity index (χ4n) is 2.52. The molecule has 2 amide bonds. The van der Waals surface area contributed by atoms with Gasteiger partial charge in [0.2, 0.25) is 0 Å². The summed E-state index contributed by atoms with van der Waals surface area (Å²) < 4.78 is 11.1. The lowest BCUT2D eigenvalue weighted by Gasteiger charge is -2.25. The first-order chi connectivity index (χ1) is 11.5. The topological polar surface area (TPSA) is 96.9 Å². The monoisotopic (exact) mass is 336 g/mol. The Kier molecular flexibility index (Phi) is 6.28. The molecule has 1 atom stereocenters. The summed E-state index contributed by atoms with van der Waals surface area (Å²) in [5.41, 5.74) is 0.940. The summed E-state index contributed by atoms with van der Waals surface area (Å²) in [7, 11) is 0. The molecule has 0 radical (unpaired) electrons. The Bertz CT molecular complexity index is 588. The highest BCUT2D eigenvalue weighted by atomic mass is 16.6. The zero-order valence-corrected chi connectivity index (χ0v) is 14.0. The van der Waals surface area contributed by atoms with Gasteiger partial charge >= 0.3 is 12.0 Å². The number of carboxylic acid groups (broad SMARTS) is 1. The van der Waals surface area contributed by atoms with Crippen molar-refractivity contribution in [2.75, 3.05) is 19.8 Å². The molecule has 0 spiro atoms. The Labute approximate surface area is 141 Å². The van der Waals surface area contributed by atoms with Crippen molar-refractivity contribution >= 4 is 12.0 Å². The van der Waals surface area contributed by atoms with Gasteiger partial charge in [-0.3, -0.25) is 4.79 Å². The van der Waals surface area contributed by atoms with Crippen LogP contribution in [0.15, 0.2) is 18.2 Å². The number of carbonyl (C=O) groups is 2. The molecule has 1 heterocycles.